The largest absolute Gasteiger partial charge is 0.375 e. The first kappa shape index (κ1) is 13.1. The molecule has 1 N–H and O–H groups in total. The van der Waals surface area contributed by atoms with Crippen LogP contribution in [-0.2, 0) is 9.53 Å². The number of fused-ring (bicyclic) bond motifs is 1. The minimum absolute atomic E-state index is 0.00188. The Kier molecular flexibility index (Phi) is 3.40. The van der Waals surface area contributed by atoms with Crippen molar-refractivity contribution in [3.63, 3.8) is 0 Å². The fourth-order valence-corrected chi connectivity index (χ4v) is 3.08. The summed E-state index contributed by atoms with van der Waals surface area (Å²) < 4.78 is 5.66. The molecule has 6 nitrogen and oxygen atoms in total. The van der Waals surface area contributed by atoms with Gasteiger partial charge in [-0.15, -0.1) is 0 Å². The van der Waals surface area contributed by atoms with Crippen molar-refractivity contribution < 1.29 is 14.3 Å². The number of nitrogens with zero attached hydrogens (tertiary/aromatic N) is 2. The van der Waals surface area contributed by atoms with E-state index < -0.39 is 0 Å². The number of carbonyl (C=O) groups excluding carboxylic acids is 2. The second kappa shape index (κ2) is 5.20. The normalized spacial score (nSPS) is 28.2. The summed E-state index contributed by atoms with van der Waals surface area (Å²) >= 11 is 0. The summed E-state index contributed by atoms with van der Waals surface area (Å²) in [4.78, 5) is 30.2. The highest BCUT2D eigenvalue weighted by atomic mass is 16.5. The van der Waals surface area contributed by atoms with Gasteiger partial charge in [-0.3, -0.25) is 14.6 Å². The quantitative estimate of drug-likeness (QED) is 0.828. The Hall–Kier alpha value is -1.95. The van der Waals surface area contributed by atoms with Crippen LogP contribution in [0.1, 0.15) is 16.8 Å². The number of hydrogen-bond acceptors (Lipinski definition) is 4. The minimum Gasteiger partial charge on any atom is -0.375 e. The van der Waals surface area contributed by atoms with Crippen molar-refractivity contribution in [2.45, 2.75) is 18.6 Å². The highest BCUT2D eigenvalue weighted by Gasteiger charge is 2.50. The number of aromatic nitrogens is 1. The van der Waals surface area contributed by atoms with Gasteiger partial charge >= 0.3 is 0 Å². The zero-order valence-corrected chi connectivity index (χ0v) is 11.3. The van der Waals surface area contributed by atoms with E-state index in [-0.39, 0.29) is 29.9 Å². The molecule has 106 valence electrons. The molecule has 2 aliphatic rings. The average molecular weight is 275 g/mol. The molecule has 20 heavy (non-hydrogen) atoms. The first-order chi connectivity index (χ1) is 9.72. The van der Waals surface area contributed by atoms with Gasteiger partial charge in [-0.05, 0) is 18.6 Å². The van der Waals surface area contributed by atoms with Crippen LogP contribution in [0.3, 0.4) is 0 Å². The monoisotopic (exact) mass is 275 g/mol. The topological polar surface area (TPSA) is 71.5 Å². The highest BCUT2D eigenvalue weighted by Crippen LogP contribution is 2.34. The number of amides is 2. The predicted molar refractivity (Wildman–Crippen MR) is 71.0 cm³/mol. The summed E-state index contributed by atoms with van der Waals surface area (Å²) in [5.41, 5.74) is 0.600. The van der Waals surface area contributed by atoms with E-state index in [1.165, 1.54) is 0 Å². The Morgan fingerprint density at radius 3 is 2.85 bits per heavy atom. The fourth-order valence-electron chi connectivity index (χ4n) is 3.08. The van der Waals surface area contributed by atoms with Gasteiger partial charge in [-0.25, -0.2) is 0 Å². The number of ether oxygens (including phenoxy) is 1. The Balaban J connectivity index is 1.84. The lowest BCUT2D eigenvalue weighted by Gasteiger charge is -2.22. The molecule has 3 atom stereocenters. The van der Waals surface area contributed by atoms with E-state index in [4.69, 9.17) is 4.74 Å². The van der Waals surface area contributed by atoms with E-state index in [0.29, 0.717) is 18.7 Å². The molecule has 2 fully saturated rings. The van der Waals surface area contributed by atoms with Gasteiger partial charge in [0.2, 0.25) is 5.91 Å². The standard InChI is InChI=1S/C14H17N3O3/c1-15-13(18)10-8-17(11-4-7-20-12(10)11)14(19)9-2-5-16-6-3-9/h2-3,5-6,10-12H,4,7-8H2,1H3,(H,15,18)/t10-,11+,12+/m1/s1. The summed E-state index contributed by atoms with van der Waals surface area (Å²) in [6.07, 6.45) is 3.81. The van der Waals surface area contributed by atoms with Crippen molar-refractivity contribution in [2.75, 3.05) is 20.2 Å². The number of carbonyl (C=O) groups is 2. The summed E-state index contributed by atoms with van der Waals surface area (Å²) in [5.74, 6) is -0.399. The van der Waals surface area contributed by atoms with E-state index >= 15 is 0 Å². The lowest BCUT2D eigenvalue weighted by molar-refractivity contribution is -0.127. The Morgan fingerprint density at radius 1 is 1.40 bits per heavy atom. The molecule has 0 spiro atoms. The van der Waals surface area contributed by atoms with Crippen molar-refractivity contribution in [3.8, 4) is 0 Å². The molecule has 2 aliphatic heterocycles. The summed E-state index contributed by atoms with van der Waals surface area (Å²) in [5, 5.41) is 2.65. The molecule has 1 aromatic rings. The first-order valence-corrected chi connectivity index (χ1v) is 6.76. The number of likely N-dealkylation sites (tertiary alicyclic amines) is 1. The molecule has 0 unspecified atom stereocenters. The Bertz CT molecular complexity index is 520. The van der Waals surface area contributed by atoms with Gasteiger partial charge in [0, 0.05) is 38.2 Å². The van der Waals surface area contributed by atoms with Gasteiger partial charge < -0.3 is 15.0 Å². The van der Waals surface area contributed by atoms with Crippen LogP contribution in [-0.4, -0.2) is 54.0 Å². The molecule has 3 heterocycles. The molecule has 0 radical (unpaired) electrons. The van der Waals surface area contributed by atoms with E-state index in [2.05, 4.69) is 10.3 Å². The predicted octanol–water partition coefficient (Wildman–Crippen LogP) is 0.0571. The number of pyridine rings is 1. The van der Waals surface area contributed by atoms with E-state index in [1.807, 2.05) is 0 Å². The van der Waals surface area contributed by atoms with Gasteiger partial charge in [0.25, 0.3) is 5.91 Å². The van der Waals surface area contributed by atoms with Crippen molar-refractivity contribution in [1.82, 2.24) is 15.2 Å². The maximum absolute atomic E-state index is 12.6. The van der Waals surface area contributed by atoms with Crippen LogP contribution in [0.4, 0.5) is 0 Å². The van der Waals surface area contributed by atoms with Gasteiger partial charge in [0.1, 0.15) is 0 Å². The highest BCUT2D eigenvalue weighted by molar-refractivity contribution is 5.95. The zero-order chi connectivity index (χ0) is 14.1. The van der Waals surface area contributed by atoms with Crippen LogP contribution in [0.2, 0.25) is 0 Å². The molecule has 0 bridgehead atoms. The van der Waals surface area contributed by atoms with Gasteiger partial charge in [0.05, 0.1) is 18.1 Å². The second-order valence-electron chi connectivity index (χ2n) is 5.11. The van der Waals surface area contributed by atoms with Crippen LogP contribution >= 0.6 is 0 Å². The van der Waals surface area contributed by atoms with E-state index in [9.17, 15) is 9.59 Å². The summed E-state index contributed by atoms with van der Waals surface area (Å²) in [6.45, 7) is 1.01. The van der Waals surface area contributed by atoms with Crippen molar-refractivity contribution in [1.29, 1.82) is 0 Å². The van der Waals surface area contributed by atoms with Crippen LogP contribution in [0.5, 0.6) is 0 Å². The first-order valence-electron chi connectivity index (χ1n) is 6.76. The molecule has 0 aromatic carbocycles. The third-order valence-corrected chi connectivity index (χ3v) is 4.06. The summed E-state index contributed by atoms with van der Waals surface area (Å²) in [6, 6.07) is 3.39. The molecular formula is C14H17N3O3. The smallest absolute Gasteiger partial charge is 0.254 e. The van der Waals surface area contributed by atoms with Crippen LogP contribution in [0.15, 0.2) is 24.5 Å². The van der Waals surface area contributed by atoms with E-state index in [0.717, 1.165) is 6.42 Å². The van der Waals surface area contributed by atoms with Crippen LogP contribution in [0, 0.1) is 5.92 Å². The lowest BCUT2D eigenvalue weighted by atomic mass is 10.0. The molecule has 3 rings (SSSR count). The second-order valence-corrected chi connectivity index (χ2v) is 5.11. The van der Waals surface area contributed by atoms with Gasteiger partial charge in [0.15, 0.2) is 0 Å². The van der Waals surface area contributed by atoms with Crippen molar-refractivity contribution in [3.05, 3.63) is 30.1 Å². The number of rotatable bonds is 2. The average Bonchev–Trinajstić information content (AvgIpc) is 3.08. The zero-order valence-electron chi connectivity index (χ0n) is 11.3. The molecule has 1 aromatic heterocycles. The molecule has 2 amide bonds. The third kappa shape index (κ3) is 2.06. The van der Waals surface area contributed by atoms with Crippen LogP contribution in [0.25, 0.3) is 0 Å². The SMILES string of the molecule is CNC(=O)[C@@H]1CN(C(=O)c2ccncc2)[C@H]2CCO[C@@H]12. The van der Waals surface area contributed by atoms with Crippen molar-refractivity contribution in [2.24, 2.45) is 5.92 Å². The maximum Gasteiger partial charge on any atom is 0.254 e. The molecule has 0 saturated carbocycles. The van der Waals surface area contributed by atoms with Crippen LogP contribution < -0.4 is 5.32 Å². The molecule has 6 heteroatoms. The fraction of sp³-hybridized carbons (Fsp3) is 0.500. The van der Waals surface area contributed by atoms with Gasteiger partial charge in [-0.1, -0.05) is 0 Å². The Labute approximate surface area is 117 Å². The third-order valence-electron chi connectivity index (χ3n) is 4.06. The molecule has 2 saturated heterocycles. The minimum atomic E-state index is -0.279. The molecule has 0 aliphatic carbocycles. The Morgan fingerprint density at radius 2 is 2.15 bits per heavy atom. The number of hydrogen-bond donors (Lipinski definition) is 1. The van der Waals surface area contributed by atoms with Crippen molar-refractivity contribution >= 4 is 11.8 Å². The lowest BCUT2D eigenvalue weighted by Crippen LogP contribution is -2.37. The van der Waals surface area contributed by atoms with E-state index in [1.54, 1.807) is 36.5 Å². The maximum atomic E-state index is 12.6. The number of nitrogens with one attached hydrogen (secondary N) is 1. The molecular weight excluding hydrogens is 258 g/mol. The summed E-state index contributed by atoms with van der Waals surface area (Å²) in [7, 11) is 1.61. The van der Waals surface area contributed by atoms with Gasteiger partial charge in [-0.2, -0.15) is 0 Å².